The fourth-order valence-electron chi connectivity index (χ4n) is 3.61. The largest absolute Gasteiger partial charge is 0.379 e. The Balaban J connectivity index is 1.50. The first-order valence-electron chi connectivity index (χ1n) is 10.6. The lowest BCUT2D eigenvalue weighted by molar-refractivity contribution is -0.110. The summed E-state index contributed by atoms with van der Waals surface area (Å²) in [5.41, 5.74) is 0.809. The molecule has 4 rings (SSSR count). The molecular weight excluding hydrogens is 450 g/mol. The number of hydrogen-bond acceptors (Lipinski definition) is 9. The normalized spacial score (nSPS) is 18.2. The predicted octanol–water partition coefficient (Wildman–Crippen LogP) is 1.82. The van der Waals surface area contributed by atoms with Crippen LogP contribution in [0.1, 0.15) is 23.3 Å². The van der Waals surface area contributed by atoms with Gasteiger partial charge in [-0.2, -0.15) is 5.10 Å². The van der Waals surface area contributed by atoms with E-state index >= 15 is 0 Å². The van der Waals surface area contributed by atoms with Gasteiger partial charge in [-0.1, -0.05) is 12.1 Å². The molecule has 3 heterocycles. The molecule has 0 radical (unpaired) electrons. The number of carbonyl (C=O) groups is 1. The number of sulfone groups is 1. The minimum atomic E-state index is -3.32. The fraction of sp³-hybridized carbons (Fsp3) is 0.476. The van der Waals surface area contributed by atoms with Gasteiger partial charge in [-0.25, -0.2) is 13.4 Å². The van der Waals surface area contributed by atoms with E-state index in [0.717, 1.165) is 69.9 Å². The average Bonchev–Trinajstić information content (AvgIpc) is 3.44. The van der Waals surface area contributed by atoms with E-state index in [4.69, 9.17) is 4.74 Å². The van der Waals surface area contributed by atoms with Gasteiger partial charge in [0.1, 0.15) is 0 Å². The van der Waals surface area contributed by atoms with Gasteiger partial charge in [-0.3, -0.25) is 20.0 Å². The van der Waals surface area contributed by atoms with Crippen molar-refractivity contribution in [2.75, 3.05) is 51.0 Å². The molecule has 1 amide bonds. The molecule has 2 aliphatic heterocycles. The molecular formula is C21H27N5O4S2. The third-order valence-electron chi connectivity index (χ3n) is 5.35. The smallest absolute Gasteiger partial charge is 0.278 e. The Morgan fingerprint density at radius 3 is 2.50 bits per heavy atom. The minimum Gasteiger partial charge on any atom is -0.379 e. The number of morpholine rings is 1. The molecule has 0 spiro atoms. The van der Waals surface area contributed by atoms with E-state index in [-0.39, 0.29) is 16.5 Å². The Hall–Kier alpha value is -2.34. The van der Waals surface area contributed by atoms with E-state index < -0.39 is 9.84 Å². The van der Waals surface area contributed by atoms with Crippen LogP contribution in [-0.4, -0.2) is 80.6 Å². The molecule has 172 valence electrons. The molecule has 2 fully saturated rings. The molecule has 0 unspecified atom stereocenters. The summed E-state index contributed by atoms with van der Waals surface area (Å²) in [4.78, 5) is 21.1. The van der Waals surface area contributed by atoms with Crippen molar-refractivity contribution in [3.8, 4) is 0 Å². The van der Waals surface area contributed by atoms with Gasteiger partial charge in [0.05, 0.1) is 18.1 Å². The molecule has 32 heavy (non-hydrogen) atoms. The highest BCUT2D eigenvalue weighted by Crippen LogP contribution is 2.21. The van der Waals surface area contributed by atoms with Crippen LogP contribution in [0.4, 0.5) is 5.13 Å². The maximum Gasteiger partial charge on any atom is 0.278 e. The van der Waals surface area contributed by atoms with E-state index in [1.165, 1.54) is 23.5 Å². The van der Waals surface area contributed by atoms with E-state index in [0.29, 0.717) is 10.7 Å². The Morgan fingerprint density at radius 1 is 1.16 bits per heavy atom. The van der Waals surface area contributed by atoms with Crippen molar-refractivity contribution in [2.24, 2.45) is 5.10 Å². The maximum atomic E-state index is 13.1. The van der Waals surface area contributed by atoms with Gasteiger partial charge in [0.2, 0.25) is 0 Å². The molecule has 2 aliphatic rings. The van der Waals surface area contributed by atoms with Gasteiger partial charge in [-0.05, 0) is 25.0 Å². The second-order valence-electron chi connectivity index (χ2n) is 7.88. The average molecular weight is 478 g/mol. The van der Waals surface area contributed by atoms with Gasteiger partial charge in [0.15, 0.2) is 20.7 Å². The highest BCUT2D eigenvalue weighted by molar-refractivity contribution is 7.90. The first-order chi connectivity index (χ1) is 15.4. The van der Waals surface area contributed by atoms with Crippen LogP contribution in [0.3, 0.4) is 0 Å². The van der Waals surface area contributed by atoms with Crippen molar-refractivity contribution in [1.82, 2.24) is 14.9 Å². The summed E-state index contributed by atoms with van der Waals surface area (Å²) in [6.45, 7) is 5.59. The van der Waals surface area contributed by atoms with E-state index in [2.05, 4.69) is 20.3 Å². The first-order valence-corrected chi connectivity index (χ1v) is 13.3. The number of aromatic nitrogens is 1. The SMILES string of the molecule is CS(=O)(=O)c1ccc(/C(=N/N2CCCC2)C(=O)Nc2ncc(CN3CCOCC3)s2)cc1. The quantitative estimate of drug-likeness (QED) is 0.607. The molecule has 1 N–H and O–H groups in total. The van der Waals surface area contributed by atoms with Crippen molar-refractivity contribution >= 4 is 37.9 Å². The van der Waals surface area contributed by atoms with Crippen LogP contribution in [0.15, 0.2) is 40.5 Å². The molecule has 0 bridgehead atoms. The highest BCUT2D eigenvalue weighted by atomic mass is 32.2. The molecule has 0 saturated carbocycles. The minimum absolute atomic E-state index is 0.204. The lowest BCUT2D eigenvalue weighted by Gasteiger charge is -2.25. The summed E-state index contributed by atoms with van der Waals surface area (Å²) in [5.74, 6) is -0.365. The second-order valence-corrected chi connectivity index (χ2v) is 11.0. The standard InChI is InChI=1S/C21H27N5O4S2/c1-32(28,29)18-6-4-16(5-7-18)19(24-26-8-2-3-9-26)20(27)23-21-22-14-17(31-21)15-25-10-12-30-13-11-25/h4-7,14H,2-3,8-13,15H2,1H3,(H,22,23,27)/b24-19-. The summed E-state index contributed by atoms with van der Waals surface area (Å²) in [5, 5.41) is 9.84. The van der Waals surface area contributed by atoms with Crippen LogP contribution in [0.5, 0.6) is 0 Å². The number of thiazole rings is 1. The summed E-state index contributed by atoms with van der Waals surface area (Å²) < 4.78 is 28.9. The summed E-state index contributed by atoms with van der Waals surface area (Å²) >= 11 is 1.44. The van der Waals surface area contributed by atoms with E-state index in [9.17, 15) is 13.2 Å². The number of ether oxygens (including phenoxy) is 1. The van der Waals surface area contributed by atoms with Crippen LogP contribution in [0.25, 0.3) is 0 Å². The van der Waals surface area contributed by atoms with Crippen molar-refractivity contribution in [1.29, 1.82) is 0 Å². The number of hydrazone groups is 1. The first kappa shape index (κ1) is 22.8. The number of carbonyl (C=O) groups excluding carboxylic acids is 1. The van der Waals surface area contributed by atoms with Crippen LogP contribution in [0, 0.1) is 0 Å². The summed E-state index contributed by atoms with van der Waals surface area (Å²) in [7, 11) is -3.32. The molecule has 11 heteroatoms. The zero-order valence-corrected chi connectivity index (χ0v) is 19.6. The third kappa shape index (κ3) is 5.91. The third-order valence-corrected chi connectivity index (χ3v) is 7.38. The number of amides is 1. The summed E-state index contributed by atoms with van der Waals surface area (Å²) in [6.07, 6.45) is 5.00. The van der Waals surface area contributed by atoms with Crippen molar-refractivity contribution in [3.63, 3.8) is 0 Å². The molecule has 0 aliphatic carbocycles. The second kappa shape index (κ2) is 10.1. The lowest BCUT2D eigenvalue weighted by Crippen LogP contribution is -2.35. The van der Waals surface area contributed by atoms with Gasteiger partial charge in [0.25, 0.3) is 5.91 Å². The Labute approximate surface area is 192 Å². The monoisotopic (exact) mass is 477 g/mol. The lowest BCUT2D eigenvalue weighted by atomic mass is 10.1. The maximum absolute atomic E-state index is 13.1. The molecule has 0 atom stereocenters. The predicted molar refractivity (Wildman–Crippen MR) is 124 cm³/mol. The van der Waals surface area contributed by atoms with Crippen LogP contribution < -0.4 is 5.32 Å². The van der Waals surface area contributed by atoms with E-state index in [1.807, 2.05) is 5.01 Å². The zero-order chi connectivity index (χ0) is 22.6. The number of hydrogen-bond donors (Lipinski definition) is 1. The zero-order valence-electron chi connectivity index (χ0n) is 18.0. The topological polar surface area (TPSA) is 104 Å². The molecule has 1 aromatic carbocycles. The van der Waals surface area contributed by atoms with E-state index in [1.54, 1.807) is 18.3 Å². The number of nitrogens with one attached hydrogen (secondary N) is 1. The van der Waals surface area contributed by atoms with Crippen LogP contribution in [0.2, 0.25) is 0 Å². The van der Waals surface area contributed by atoms with Gasteiger partial charge >= 0.3 is 0 Å². The Kier molecular flexibility index (Phi) is 7.19. The molecule has 9 nitrogen and oxygen atoms in total. The molecule has 2 aromatic rings. The van der Waals surface area contributed by atoms with Gasteiger partial charge in [-0.15, -0.1) is 11.3 Å². The molecule has 2 saturated heterocycles. The van der Waals surface area contributed by atoms with Gasteiger partial charge < -0.3 is 4.74 Å². The van der Waals surface area contributed by atoms with Crippen LogP contribution in [-0.2, 0) is 25.9 Å². The van der Waals surface area contributed by atoms with Crippen molar-refractivity contribution in [2.45, 2.75) is 24.3 Å². The van der Waals surface area contributed by atoms with Crippen LogP contribution >= 0.6 is 11.3 Å². The summed E-state index contributed by atoms with van der Waals surface area (Å²) in [6, 6.07) is 6.25. The Morgan fingerprint density at radius 2 is 1.84 bits per heavy atom. The number of rotatable bonds is 7. The number of benzene rings is 1. The van der Waals surface area contributed by atoms with Gasteiger partial charge in [0, 0.05) is 55.6 Å². The Bertz CT molecular complexity index is 1070. The fourth-order valence-corrected chi connectivity index (χ4v) is 5.09. The molecule has 1 aromatic heterocycles. The number of nitrogens with zero attached hydrogens (tertiary/aromatic N) is 4. The van der Waals surface area contributed by atoms with Crippen molar-refractivity contribution < 1.29 is 17.9 Å². The number of anilines is 1. The van der Waals surface area contributed by atoms with Crippen molar-refractivity contribution in [3.05, 3.63) is 40.9 Å². The highest BCUT2D eigenvalue weighted by Gasteiger charge is 2.21.